The quantitative estimate of drug-likeness (QED) is 0.292. The average Bonchev–Trinajstić information content (AvgIpc) is 3.37. The molecule has 2 heterocycles. The Morgan fingerprint density at radius 3 is 1.97 bits per heavy atom. The third-order valence-electron chi connectivity index (χ3n) is 5.54. The topological polar surface area (TPSA) is 112 Å². The molecule has 0 saturated carbocycles. The van der Waals surface area contributed by atoms with Crippen LogP contribution in [-0.4, -0.2) is 34.8 Å². The highest BCUT2D eigenvalue weighted by atomic mass is 16.6. The van der Waals surface area contributed by atoms with Crippen molar-refractivity contribution in [2.24, 2.45) is 0 Å². The van der Waals surface area contributed by atoms with E-state index in [1.807, 2.05) is 12.1 Å². The minimum absolute atomic E-state index is 0.0795. The van der Waals surface area contributed by atoms with Gasteiger partial charge in [-0.25, -0.2) is 19.4 Å². The number of hydrogen-bond acceptors (Lipinski definition) is 7. The number of nitrogens with one attached hydrogen (secondary N) is 1. The summed E-state index contributed by atoms with van der Waals surface area (Å²) in [6.07, 6.45) is 1.01. The van der Waals surface area contributed by atoms with Gasteiger partial charge in [0, 0.05) is 37.0 Å². The molecule has 0 saturated heterocycles. The number of aromatic nitrogens is 2. The number of carbonyl (C=O) groups is 3. The van der Waals surface area contributed by atoms with Gasteiger partial charge in [-0.05, 0) is 48.5 Å². The van der Waals surface area contributed by atoms with Crippen molar-refractivity contribution in [1.29, 1.82) is 0 Å². The second-order valence-corrected chi connectivity index (χ2v) is 8.11. The molecule has 3 amide bonds. The lowest BCUT2D eigenvalue weighted by atomic mass is 10.2. The maximum atomic E-state index is 13.1. The van der Waals surface area contributed by atoms with Crippen LogP contribution >= 0.6 is 0 Å². The molecule has 39 heavy (non-hydrogen) atoms. The van der Waals surface area contributed by atoms with Crippen molar-refractivity contribution in [1.82, 2.24) is 14.9 Å². The molecular weight excluding hydrogens is 500 g/mol. The lowest BCUT2D eigenvalue weighted by Crippen LogP contribution is -2.41. The highest BCUT2D eigenvalue weighted by Gasteiger charge is 2.29. The van der Waals surface area contributed by atoms with Crippen LogP contribution in [0.5, 0.6) is 23.0 Å². The third-order valence-corrected chi connectivity index (χ3v) is 5.54. The molecule has 194 valence electrons. The third kappa shape index (κ3) is 5.70. The van der Waals surface area contributed by atoms with E-state index in [-0.39, 0.29) is 29.1 Å². The Morgan fingerprint density at radius 2 is 1.36 bits per heavy atom. The van der Waals surface area contributed by atoms with Gasteiger partial charge in [0.15, 0.2) is 5.82 Å². The summed E-state index contributed by atoms with van der Waals surface area (Å²) in [6, 6.07) is 26.4. The van der Waals surface area contributed by atoms with E-state index in [1.165, 1.54) is 16.8 Å². The number of anilines is 1. The van der Waals surface area contributed by atoms with Crippen LogP contribution in [0.25, 0.3) is 10.9 Å². The first-order valence-corrected chi connectivity index (χ1v) is 11.8. The van der Waals surface area contributed by atoms with Crippen LogP contribution in [0.1, 0.15) is 0 Å². The van der Waals surface area contributed by atoms with E-state index in [0.29, 0.717) is 16.2 Å². The van der Waals surface area contributed by atoms with Crippen LogP contribution in [0.4, 0.5) is 20.2 Å². The number of imide groups is 1. The minimum atomic E-state index is -1.02. The number of pyridine rings is 1. The van der Waals surface area contributed by atoms with Crippen molar-refractivity contribution in [3.05, 3.63) is 109 Å². The first kappa shape index (κ1) is 25.0. The Balaban J connectivity index is 1.44. The summed E-state index contributed by atoms with van der Waals surface area (Å²) in [5, 5.41) is 3.43. The van der Waals surface area contributed by atoms with Crippen LogP contribution in [0.2, 0.25) is 0 Å². The van der Waals surface area contributed by atoms with Gasteiger partial charge in [0.1, 0.15) is 23.0 Å². The number of hydrogen-bond donors (Lipinski definition) is 1. The SMILES string of the molecule is CNC(=O)n1ccc2ccc(Oc3ccnc(N(C(=O)Oc4ccccc4)C(=O)Oc4ccccc4)c3)cc21. The maximum absolute atomic E-state index is 13.1. The van der Waals surface area contributed by atoms with E-state index < -0.39 is 12.2 Å². The zero-order chi connectivity index (χ0) is 27.2. The van der Waals surface area contributed by atoms with Crippen molar-refractivity contribution in [2.75, 3.05) is 11.9 Å². The van der Waals surface area contributed by atoms with Gasteiger partial charge in [0.25, 0.3) is 0 Å². The second-order valence-electron chi connectivity index (χ2n) is 8.11. The summed E-state index contributed by atoms with van der Waals surface area (Å²) in [7, 11) is 1.55. The molecule has 0 atom stereocenters. The van der Waals surface area contributed by atoms with Crippen molar-refractivity contribution in [3.63, 3.8) is 0 Å². The Kier molecular flexibility index (Phi) is 7.17. The fourth-order valence-corrected chi connectivity index (χ4v) is 3.72. The van der Waals surface area contributed by atoms with Crippen molar-refractivity contribution >= 4 is 34.9 Å². The van der Waals surface area contributed by atoms with E-state index in [0.717, 1.165) is 5.39 Å². The first-order valence-electron chi connectivity index (χ1n) is 11.8. The fraction of sp³-hybridized carbons (Fsp3) is 0.0345. The molecule has 0 aliphatic heterocycles. The highest BCUT2D eigenvalue weighted by molar-refractivity contribution is 6.09. The largest absolute Gasteiger partial charge is 0.457 e. The van der Waals surface area contributed by atoms with Gasteiger partial charge in [-0.2, -0.15) is 4.90 Å². The Morgan fingerprint density at radius 1 is 0.744 bits per heavy atom. The summed E-state index contributed by atoms with van der Waals surface area (Å²) >= 11 is 0. The summed E-state index contributed by atoms with van der Waals surface area (Å²) in [5.41, 5.74) is 0.639. The van der Waals surface area contributed by atoms with Crippen LogP contribution in [-0.2, 0) is 0 Å². The molecule has 0 radical (unpaired) electrons. The van der Waals surface area contributed by atoms with Gasteiger partial charge in [0.2, 0.25) is 0 Å². The molecule has 10 nitrogen and oxygen atoms in total. The summed E-state index contributed by atoms with van der Waals surface area (Å²) in [5.74, 6) is 1.10. The number of carbonyl (C=O) groups excluding carboxylic acids is 3. The van der Waals surface area contributed by atoms with Gasteiger partial charge in [-0.15, -0.1) is 0 Å². The monoisotopic (exact) mass is 522 g/mol. The van der Waals surface area contributed by atoms with Crippen LogP contribution < -0.4 is 24.4 Å². The summed E-state index contributed by atoms with van der Waals surface area (Å²) in [6.45, 7) is 0. The van der Waals surface area contributed by atoms with Crippen LogP contribution in [0.15, 0.2) is 109 Å². The summed E-state index contributed by atoms with van der Waals surface area (Å²) < 4.78 is 18.3. The van der Waals surface area contributed by atoms with E-state index >= 15 is 0 Å². The smallest absolute Gasteiger partial charge is 0.430 e. The minimum Gasteiger partial charge on any atom is -0.457 e. The molecule has 5 rings (SSSR count). The predicted molar refractivity (Wildman–Crippen MR) is 144 cm³/mol. The number of ether oxygens (including phenoxy) is 3. The Bertz CT molecular complexity index is 1580. The predicted octanol–water partition coefficient (Wildman–Crippen LogP) is 6.22. The number of para-hydroxylation sites is 2. The molecule has 0 fully saturated rings. The van der Waals surface area contributed by atoms with E-state index in [4.69, 9.17) is 14.2 Å². The van der Waals surface area contributed by atoms with Crippen molar-refractivity contribution in [3.8, 4) is 23.0 Å². The molecule has 0 aliphatic carbocycles. The summed E-state index contributed by atoms with van der Waals surface area (Å²) in [4.78, 5) is 43.3. The van der Waals surface area contributed by atoms with Crippen molar-refractivity contribution in [2.45, 2.75) is 0 Å². The highest BCUT2D eigenvalue weighted by Crippen LogP contribution is 2.29. The fourth-order valence-electron chi connectivity index (χ4n) is 3.72. The zero-order valence-corrected chi connectivity index (χ0v) is 20.7. The molecule has 2 aromatic heterocycles. The molecule has 0 aliphatic rings. The molecular formula is C29H22N4O6. The Labute approximate surface area is 223 Å². The standard InChI is InChI=1S/C29H22N4O6/c1-30-27(34)32-17-15-20-12-13-23(18-25(20)32)37-24-14-16-31-26(19-24)33(28(35)38-21-8-4-2-5-9-21)29(36)39-22-10-6-3-7-11-22/h2-19H,1H3,(H,30,34). The maximum Gasteiger partial charge on any atom is 0.430 e. The van der Waals surface area contributed by atoms with Gasteiger partial charge >= 0.3 is 18.2 Å². The van der Waals surface area contributed by atoms with Crippen LogP contribution in [0.3, 0.4) is 0 Å². The van der Waals surface area contributed by atoms with Crippen LogP contribution in [0, 0.1) is 0 Å². The van der Waals surface area contributed by atoms with Gasteiger partial charge in [0.05, 0.1) is 5.52 Å². The van der Waals surface area contributed by atoms with Crippen molar-refractivity contribution < 1.29 is 28.6 Å². The molecule has 5 aromatic rings. The number of benzene rings is 3. The first-order chi connectivity index (χ1) is 19.0. The Hall–Kier alpha value is -5.64. The number of nitrogens with zero attached hydrogens (tertiary/aromatic N) is 3. The lowest BCUT2D eigenvalue weighted by Gasteiger charge is -2.19. The van der Waals surface area contributed by atoms with E-state index in [1.54, 1.807) is 92.1 Å². The van der Waals surface area contributed by atoms with Gasteiger partial charge in [-0.3, -0.25) is 4.57 Å². The van der Waals surface area contributed by atoms with Gasteiger partial charge < -0.3 is 19.5 Å². The number of amides is 3. The number of fused-ring (bicyclic) bond motifs is 1. The molecule has 3 aromatic carbocycles. The lowest BCUT2D eigenvalue weighted by molar-refractivity contribution is 0.190. The molecule has 0 unspecified atom stereocenters. The molecule has 10 heteroatoms. The molecule has 0 bridgehead atoms. The van der Waals surface area contributed by atoms with E-state index in [2.05, 4.69) is 10.3 Å². The van der Waals surface area contributed by atoms with Gasteiger partial charge in [-0.1, -0.05) is 36.4 Å². The molecule has 0 spiro atoms. The van der Waals surface area contributed by atoms with E-state index in [9.17, 15) is 14.4 Å². The average molecular weight is 523 g/mol. The number of rotatable bonds is 5. The zero-order valence-electron chi connectivity index (χ0n) is 20.7. The molecule has 1 N–H and O–H groups in total. The normalized spacial score (nSPS) is 10.5. The second kappa shape index (κ2) is 11.2.